The number of amides is 1. The van der Waals surface area contributed by atoms with Gasteiger partial charge in [-0.05, 0) is 143 Å². The van der Waals surface area contributed by atoms with Crippen molar-refractivity contribution >= 4 is 32.6 Å². The van der Waals surface area contributed by atoms with Gasteiger partial charge in [0, 0.05) is 84.4 Å². The quantitative estimate of drug-likeness (QED) is 0.133. The van der Waals surface area contributed by atoms with Crippen LogP contribution in [0.1, 0.15) is 134 Å². The minimum absolute atomic E-state index is 0. The van der Waals surface area contributed by atoms with Gasteiger partial charge in [0.2, 0.25) is 0 Å². The van der Waals surface area contributed by atoms with E-state index in [2.05, 4.69) is 94.8 Å². The number of likely N-dealkylation sites (tertiary alicyclic amines) is 3. The standard InChI is InChI=1S/C14H19NO.C14H17NO.C12H21NO3.C10H18O5.C6H15N.B.Na.H/c2*16-14-12-6-7-13(14)10-15(9-12)8-11-4-2-1-3-5-11;1-12(2,3)16-11(15)13-6-8-4-5-9(7-13)10(8)14;1-9(2,3)14-7(11)13-8(12)15-10(4,5)6;1-4-7(5-2)6-3;;;/h1-5,12-14,16H,6-10H2;1-5,12-13H,6-10H2;8-10,14H,4-7H2,1-3H3;1-6H3;4-6H2,1-3H3;;;/q;;;;;;+1;-1. The molecule has 399 valence electrons. The molecule has 3 saturated carbocycles. The van der Waals surface area contributed by atoms with Crippen molar-refractivity contribution in [2.24, 2.45) is 35.5 Å². The molecule has 72 heavy (non-hydrogen) atoms. The number of nitrogens with zero attached hydrogens (tertiary/aromatic N) is 4. The van der Waals surface area contributed by atoms with E-state index in [1.165, 1.54) is 43.6 Å². The zero-order valence-electron chi connectivity index (χ0n) is 47.4. The summed E-state index contributed by atoms with van der Waals surface area (Å²) in [4.78, 5) is 54.7. The molecule has 6 fully saturated rings. The van der Waals surface area contributed by atoms with E-state index in [1.807, 2.05) is 26.8 Å². The van der Waals surface area contributed by atoms with Crippen molar-refractivity contribution in [3.05, 3.63) is 71.8 Å². The zero-order valence-corrected chi connectivity index (χ0v) is 48.4. The van der Waals surface area contributed by atoms with Crippen LogP contribution in [0, 0.1) is 35.5 Å². The molecule has 6 atom stereocenters. The van der Waals surface area contributed by atoms with Gasteiger partial charge in [-0.25, -0.2) is 14.4 Å². The van der Waals surface area contributed by atoms with Crippen LogP contribution < -0.4 is 29.6 Å². The van der Waals surface area contributed by atoms with Crippen molar-refractivity contribution < 1.29 is 79.3 Å². The number of aliphatic hydroxyl groups excluding tert-OH is 2. The monoisotopic (exact) mass is 1010 g/mol. The van der Waals surface area contributed by atoms with Crippen LogP contribution in [-0.4, -0.2) is 150 Å². The van der Waals surface area contributed by atoms with E-state index in [-0.39, 0.29) is 69.5 Å². The van der Waals surface area contributed by atoms with Gasteiger partial charge in [-0.1, -0.05) is 81.4 Å². The van der Waals surface area contributed by atoms with Gasteiger partial charge in [0.05, 0.1) is 12.2 Å². The molecule has 1 amide bonds. The normalized spacial score (nSPS) is 25.2. The van der Waals surface area contributed by atoms with Gasteiger partial charge in [0.25, 0.3) is 0 Å². The Kier molecular flexibility index (Phi) is 27.6. The molecule has 3 heterocycles. The molecule has 16 heteroatoms. The number of carbonyl (C=O) groups is 4. The Balaban J connectivity index is 0.000000461. The summed E-state index contributed by atoms with van der Waals surface area (Å²) in [6, 6.07) is 21.2. The van der Waals surface area contributed by atoms with Gasteiger partial charge in [-0.3, -0.25) is 14.6 Å². The van der Waals surface area contributed by atoms with Crippen molar-refractivity contribution in [2.45, 2.75) is 164 Å². The molecule has 3 saturated heterocycles. The SMILES string of the molecule is CC(C)(C)OC(=O)N1CC2CCC(C1)C2O.CC(C)(C)OC(=O)OC(=O)OC(C)(C)C.CCN(CC)CC.O=C1C2CCC1CN(Cc1ccccc1)C2.OC1C2CCC1CN(Cc1ccccc1)C2.[B].[H-].[Na+]. The van der Waals surface area contributed by atoms with E-state index < -0.39 is 29.1 Å². The third-order valence-electron chi connectivity index (χ3n) is 13.7. The van der Waals surface area contributed by atoms with Gasteiger partial charge in [-0.2, -0.15) is 0 Å². The first kappa shape index (κ1) is 65.1. The molecule has 2 aromatic rings. The third-order valence-corrected chi connectivity index (χ3v) is 13.7. The van der Waals surface area contributed by atoms with Crippen molar-refractivity contribution in [3.8, 4) is 0 Å². The second-order valence-electron chi connectivity index (χ2n) is 22.9. The first-order chi connectivity index (χ1) is 32.9. The first-order valence-corrected chi connectivity index (χ1v) is 26.1. The topological polar surface area (TPSA) is 159 Å². The Morgan fingerprint density at radius 3 is 1.21 bits per heavy atom. The van der Waals surface area contributed by atoms with Crippen LogP contribution in [0.4, 0.5) is 14.4 Å². The predicted molar refractivity (Wildman–Crippen MR) is 281 cm³/mol. The van der Waals surface area contributed by atoms with Crippen molar-refractivity contribution in [3.63, 3.8) is 0 Å². The molecule has 8 rings (SSSR count). The van der Waals surface area contributed by atoms with Crippen molar-refractivity contribution in [2.75, 3.05) is 58.9 Å². The summed E-state index contributed by atoms with van der Waals surface area (Å²) in [5.41, 5.74) is 0.916. The van der Waals surface area contributed by atoms with E-state index >= 15 is 0 Å². The Hall–Kier alpha value is -3.02. The van der Waals surface area contributed by atoms with Gasteiger partial charge in [0.15, 0.2) is 0 Å². The summed E-state index contributed by atoms with van der Waals surface area (Å²) < 4.78 is 19.1. The van der Waals surface area contributed by atoms with Gasteiger partial charge in [0.1, 0.15) is 22.6 Å². The fraction of sp³-hybridized carbons (Fsp3) is 0.714. The molecule has 3 radical (unpaired) electrons. The van der Waals surface area contributed by atoms with E-state index in [0.717, 1.165) is 65.0 Å². The van der Waals surface area contributed by atoms with Crippen LogP contribution in [0.25, 0.3) is 0 Å². The van der Waals surface area contributed by atoms with Crippen LogP contribution in [-0.2, 0) is 36.8 Å². The van der Waals surface area contributed by atoms with E-state index in [1.54, 1.807) is 46.4 Å². The average Bonchev–Trinajstić information content (AvgIpc) is 3.67. The number of carbonyl (C=O) groups excluding carboxylic acids is 4. The maximum Gasteiger partial charge on any atom is 1.00 e. The summed E-state index contributed by atoms with van der Waals surface area (Å²) in [7, 11) is 0. The van der Waals surface area contributed by atoms with Crippen molar-refractivity contribution in [1.82, 2.24) is 19.6 Å². The number of Topliss-reactive ketones (excluding diaryl/α,β-unsaturated/α-hetero) is 1. The molecule has 0 aromatic heterocycles. The number of piperidine rings is 3. The number of benzene rings is 2. The predicted octanol–water partition coefficient (Wildman–Crippen LogP) is 6.57. The third kappa shape index (κ3) is 22.8. The number of aliphatic hydroxyl groups is 2. The Bertz CT molecular complexity index is 1840. The minimum atomic E-state index is -1.06. The minimum Gasteiger partial charge on any atom is -1.00 e. The molecule has 2 aromatic carbocycles. The molecule has 14 nitrogen and oxygen atoms in total. The summed E-state index contributed by atoms with van der Waals surface area (Å²) in [6.07, 6.45) is 4.16. The summed E-state index contributed by atoms with van der Waals surface area (Å²) >= 11 is 0. The number of fused-ring (bicyclic) bond motifs is 6. The number of ketones is 1. The Morgan fingerprint density at radius 2 is 0.889 bits per heavy atom. The van der Waals surface area contributed by atoms with E-state index in [4.69, 9.17) is 14.2 Å². The maximum absolute atomic E-state index is 11.9. The van der Waals surface area contributed by atoms with Crippen molar-refractivity contribution in [1.29, 1.82) is 0 Å². The number of hydrogen-bond donors (Lipinski definition) is 2. The van der Waals surface area contributed by atoms with Gasteiger partial charge in [-0.15, -0.1) is 0 Å². The summed E-state index contributed by atoms with van der Waals surface area (Å²) in [6.45, 7) is 33.2. The second kappa shape index (κ2) is 30.5. The summed E-state index contributed by atoms with van der Waals surface area (Å²) in [5.74, 6) is 2.77. The molecule has 6 bridgehead atoms. The number of ether oxygens (including phenoxy) is 4. The Morgan fingerprint density at radius 1 is 0.556 bits per heavy atom. The molecule has 2 N–H and O–H groups in total. The summed E-state index contributed by atoms with van der Waals surface area (Å²) in [5, 5.41) is 19.8. The molecule has 3 aliphatic heterocycles. The van der Waals surface area contributed by atoms with Crippen LogP contribution >= 0.6 is 0 Å². The van der Waals surface area contributed by atoms with E-state index in [0.29, 0.717) is 42.5 Å². The van der Waals surface area contributed by atoms with Crippen LogP contribution in [0.3, 0.4) is 0 Å². The maximum atomic E-state index is 11.9. The molecular weight excluding hydrogens is 922 g/mol. The number of hydrogen-bond acceptors (Lipinski definition) is 13. The smallest absolute Gasteiger partial charge is 1.00 e. The molecular formula is C56H91BN4NaO10. The molecule has 3 aliphatic carbocycles. The number of rotatable bonds is 7. The second-order valence-corrected chi connectivity index (χ2v) is 22.9. The van der Waals surface area contributed by atoms with E-state index in [9.17, 15) is 29.4 Å². The van der Waals surface area contributed by atoms with Crippen LogP contribution in [0.2, 0.25) is 0 Å². The fourth-order valence-electron chi connectivity index (χ4n) is 10.3. The largest absolute Gasteiger partial charge is 1.00 e. The average molecular weight is 1010 g/mol. The first-order valence-electron chi connectivity index (χ1n) is 26.1. The molecule has 0 spiro atoms. The Labute approximate surface area is 458 Å². The fourth-order valence-corrected chi connectivity index (χ4v) is 10.3. The van der Waals surface area contributed by atoms with Gasteiger partial charge < -0.3 is 40.4 Å². The zero-order chi connectivity index (χ0) is 51.8. The molecule has 6 unspecified atom stereocenters. The molecule has 6 aliphatic rings. The van der Waals surface area contributed by atoms with Crippen LogP contribution in [0.5, 0.6) is 0 Å². The van der Waals surface area contributed by atoms with Gasteiger partial charge >= 0.3 is 48.0 Å². The van der Waals surface area contributed by atoms with Crippen LogP contribution in [0.15, 0.2) is 60.7 Å².